The summed E-state index contributed by atoms with van der Waals surface area (Å²) in [7, 11) is 1.57. The molecule has 2 rings (SSSR count). The molecule has 0 unspecified atom stereocenters. The van der Waals surface area contributed by atoms with E-state index in [0.29, 0.717) is 23.6 Å². The summed E-state index contributed by atoms with van der Waals surface area (Å²) in [5.41, 5.74) is 2.16. The van der Waals surface area contributed by atoms with Crippen molar-refractivity contribution in [1.29, 1.82) is 0 Å². The fourth-order valence-electron chi connectivity index (χ4n) is 2.10. The van der Waals surface area contributed by atoms with Crippen LogP contribution in [0, 0.1) is 6.92 Å². The zero-order valence-corrected chi connectivity index (χ0v) is 12.5. The summed E-state index contributed by atoms with van der Waals surface area (Å²) in [6.45, 7) is 4.46. The van der Waals surface area contributed by atoms with Crippen LogP contribution in [0.4, 0.5) is 5.69 Å². The number of hydrogen-bond donors (Lipinski definition) is 1. The first-order chi connectivity index (χ1) is 10.2. The number of carbonyl (C=O) groups is 1. The second-order valence-electron chi connectivity index (χ2n) is 4.57. The lowest BCUT2D eigenvalue weighted by molar-refractivity contribution is 0.102. The molecule has 0 spiro atoms. The van der Waals surface area contributed by atoms with Crippen LogP contribution >= 0.6 is 0 Å². The van der Waals surface area contributed by atoms with Crippen LogP contribution in [-0.2, 0) is 0 Å². The molecule has 0 heterocycles. The van der Waals surface area contributed by atoms with Crippen molar-refractivity contribution >= 4 is 11.6 Å². The second kappa shape index (κ2) is 6.79. The monoisotopic (exact) mass is 285 g/mol. The number of hydrogen-bond acceptors (Lipinski definition) is 3. The number of anilines is 1. The molecule has 21 heavy (non-hydrogen) atoms. The zero-order chi connectivity index (χ0) is 15.2. The van der Waals surface area contributed by atoms with Crippen LogP contribution in [0.25, 0.3) is 0 Å². The molecule has 4 heteroatoms. The van der Waals surface area contributed by atoms with Crippen molar-refractivity contribution in [2.24, 2.45) is 0 Å². The Labute approximate surface area is 124 Å². The number of nitrogens with one attached hydrogen (secondary N) is 1. The second-order valence-corrected chi connectivity index (χ2v) is 4.57. The van der Waals surface area contributed by atoms with Gasteiger partial charge in [-0.3, -0.25) is 4.79 Å². The van der Waals surface area contributed by atoms with E-state index in [1.165, 1.54) is 0 Å². The highest BCUT2D eigenvalue weighted by Gasteiger charge is 2.13. The lowest BCUT2D eigenvalue weighted by Gasteiger charge is -2.12. The van der Waals surface area contributed by atoms with Gasteiger partial charge in [-0.25, -0.2) is 0 Å². The van der Waals surface area contributed by atoms with Crippen molar-refractivity contribution in [2.75, 3.05) is 19.0 Å². The number of methoxy groups -OCH3 is 1. The van der Waals surface area contributed by atoms with E-state index in [1.54, 1.807) is 13.2 Å². The van der Waals surface area contributed by atoms with E-state index >= 15 is 0 Å². The maximum Gasteiger partial charge on any atom is 0.259 e. The summed E-state index contributed by atoms with van der Waals surface area (Å²) in [6, 6.07) is 12.8. The van der Waals surface area contributed by atoms with Crippen LogP contribution in [-0.4, -0.2) is 19.6 Å². The molecule has 2 aromatic rings. The maximum absolute atomic E-state index is 12.3. The first-order valence-electron chi connectivity index (χ1n) is 6.83. The predicted molar refractivity (Wildman–Crippen MR) is 83.3 cm³/mol. The van der Waals surface area contributed by atoms with Crippen LogP contribution in [0.15, 0.2) is 42.5 Å². The molecule has 0 radical (unpaired) electrons. The number of benzene rings is 2. The van der Waals surface area contributed by atoms with Gasteiger partial charge in [0.05, 0.1) is 19.3 Å². The van der Waals surface area contributed by atoms with Gasteiger partial charge in [-0.2, -0.15) is 0 Å². The number of ether oxygens (including phenoxy) is 2. The first kappa shape index (κ1) is 14.9. The van der Waals surface area contributed by atoms with Crippen molar-refractivity contribution < 1.29 is 14.3 Å². The summed E-state index contributed by atoms with van der Waals surface area (Å²) in [5, 5.41) is 2.85. The Kier molecular flexibility index (Phi) is 4.82. The number of amides is 1. The van der Waals surface area contributed by atoms with Crippen molar-refractivity contribution in [3.05, 3.63) is 53.6 Å². The molecule has 1 amide bonds. The molecule has 0 fully saturated rings. The van der Waals surface area contributed by atoms with Crippen LogP contribution in [0.1, 0.15) is 22.8 Å². The summed E-state index contributed by atoms with van der Waals surface area (Å²) < 4.78 is 10.7. The molecule has 0 aromatic heterocycles. The number of carbonyl (C=O) groups excluding carboxylic acids is 1. The van der Waals surface area contributed by atoms with Gasteiger partial charge in [0.25, 0.3) is 5.91 Å². The van der Waals surface area contributed by atoms with E-state index in [9.17, 15) is 4.79 Å². The van der Waals surface area contributed by atoms with Crippen LogP contribution in [0.5, 0.6) is 11.5 Å². The Balaban J connectivity index is 2.16. The minimum Gasteiger partial charge on any atom is -0.496 e. The van der Waals surface area contributed by atoms with Crippen LogP contribution in [0.3, 0.4) is 0 Å². The van der Waals surface area contributed by atoms with Gasteiger partial charge in [0, 0.05) is 5.69 Å². The van der Waals surface area contributed by atoms with Gasteiger partial charge in [-0.15, -0.1) is 0 Å². The summed E-state index contributed by atoms with van der Waals surface area (Å²) >= 11 is 0. The molecule has 0 aliphatic rings. The van der Waals surface area contributed by atoms with E-state index in [0.717, 1.165) is 11.3 Å². The molecular weight excluding hydrogens is 266 g/mol. The lowest BCUT2D eigenvalue weighted by Crippen LogP contribution is -2.13. The molecule has 0 aliphatic heterocycles. The molecular formula is C17H19NO3. The SMILES string of the molecule is CCOc1ccc(NC(=O)c2cccc(C)c2OC)cc1. The molecule has 2 aromatic carbocycles. The third kappa shape index (κ3) is 3.54. The fourth-order valence-corrected chi connectivity index (χ4v) is 2.10. The van der Waals surface area contributed by atoms with E-state index in [4.69, 9.17) is 9.47 Å². The average molecular weight is 285 g/mol. The zero-order valence-electron chi connectivity index (χ0n) is 12.5. The lowest BCUT2D eigenvalue weighted by atomic mass is 10.1. The van der Waals surface area contributed by atoms with Crippen molar-refractivity contribution in [2.45, 2.75) is 13.8 Å². The maximum atomic E-state index is 12.3. The third-order valence-corrected chi connectivity index (χ3v) is 3.08. The van der Waals surface area contributed by atoms with Crippen molar-refractivity contribution in [3.63, 3.8) is 0 Å². The van der Waals surface area contributed by atoms with Crippen molar-refractivity contribution in [3.8, 4) is 11.5 Å². The third-order valence-electron chi connectivity index (χ3n) is 3.08. The Morgan fingerprint density at radius 1 is 1.14 bits per heavy atom. The summed E-state index contributed by atoms with van der Waals surface area (Å²) in [6.07, 6.45) is 0. The van der Waals surface area contributed by atoms with Crippen molar-refractivity contribution in [1.82, 2.24) is 0 Å². The summed E-state index contributed by atoms with van der Waals surface area (Å²) in [5.74, 6) is 1.18. The molecule has 0 bridgehead atoms. The van der Waals surface area contributed by atoms with E-state index in [-0.39, 0.29) is 5.91 Å². The average Bonchev–Trinajstić information content (AvgIpc) is 2.49. The first-order valence-corrected chi connectivity index (χ1v) is 6.83. The highest BCUT2D eigenvalue weighted by Crippen LogP contribution is 2.24. The molecule has 4 nitrogen and oxygen atoms in total. The van der Waals surface area contributed by atoms with E-state index < -0.39 is 0 Å². The smallest absolute Gasteiger partial charge is 0.259 e. The molecule has 110 valence electrons. The quantitative estimate of drug-likeness (QED) is 0.912. The highest BCUT2D eigenvalue weighted by atomic mass is 16.5. The van der Waals surface area contributed by atoms with Gasteiger partial charge >= 0.3 is 0 Å². The van der Waals surface area contributed by atoms with Gasteiger partial charge in [-0.1, -0.05) is 12.1 Å². The fraction of sp³-hybridized carbons (Fsp3) is 0.235. The van der Waals surface area contributed by atoms with Crippen LogP contribution < -0.4 is 14.8 Å². The Bertz CT molecular complexity index is 620. The highest BCUT2D eigenvalue weighted by molar-refractivity contribution is 6.06. The van der Waals surface area contributed by atoms with Gasteiger partial charge < -0.3 is 14.8 Å². The number of rotatable bonds is 5. The molecule has 0 saturated carbocycles. The standard InChI is InChI=1S/C17H19NO3/c1-4-21-14-10-8-13(9-11-14)18-17(19)15-7-5-6-12(2)16(15)20-3/h5-11H,4H2,1-3H3,(H,18,19). The molecule has 0 saturated heterocycles. The Hall–Kier alpha value is -2.49. The predicted octanol–water partition coefficient (Wildman–Crippen LogP) is 3.65. The van der Waals surface area contributed by atoms with E-state index in [1.807, 2.05) is 50.2 Å². The van der Waals surface area contributed by atoms with Gasteiger partial charge in [0.2, 0.25) is 0 Å². The van der Waals surface area contributed by atoms with E-state index in [2.05, 4.69) is 5.32 Å². The number of aryl methyl sites for hydroxylation is 1. The Morgan fingerprint density at radius 3 is 2.48 bits per heavy atom. The van der Waals surface area contributed by atoms with Gasteiger partial charge in [0.1, 0.15) is 11.5 Å². The molecule has 0 aliphatic carbocycles. The minimum absolute atomic E-state index is 0.195. The normalized spacial score (nSPS) is 10.0. The molecule has 1 N–H and O–H groups in total. The Morgan fingerprint density at radius 2 is 1.86 bits per heavy atom. The topological polar surface area (TPSA) is 47.6 Å². The van der Waals surface area contributed by atoms with Crippen LogP contribution in [0.2, 0.25) is 0 Å². The largest absolute Gasteiger partial charge is 0.496 e. The summed E-state index contributed by atoms with van der Waals surface area (Å²) in [4.78, 5) is 12.3. The van der Waals surface area contributed by atoms with Gasteiger partial charge in [-0.05, 0) is 49.7 Å². The number of para-hydroxylation sites is 1. The van der Waals surface area contributed by atoms with Gasteiger partial charge in [0.15, 0.2) is 0 Å². The molecule has 0 atom stereocenters. The minimum atomic E-state index is -0.195.